The van der Waals surface area contributed by atoms with Crippen molar-refractivity contribution in [2.24, 2.45) is 0 Å². The molecule has 0 aliphatic rings. The number of benzene rings is 1. The van der Waals surface area contributed by atoms with Crippen molar-refractivity contribution in [2.45, 2.75) is 44.9 Å². The maximum atomic E-state index is 12.2. The van der Waals surface area contributed by atoms with E-state index in [1.54, 1.807) is 6.92 Å². The molecule has 0 saturated carbocycles. The Hall–Kier alpha value is -0.520. The van der Waals surface area contributed by atoms with Crippen molar-refractivity contribution < 1.29 is 9.00 Å². The third kappa shape index (κ3) is 5.55. The molecule has 0 amide bonds. The van der Waals surface area contributed by atoms with E-state index in [-0.39, 0.29) is 16.6 Å². The molecule has 5 heteroatoms. The van der Waals surface area contributed by atoms with E-state index < -0.39 is 11.0 Å². The lowest BCUT2D eigenvalue weighted by atomic mass is 10.0. The summed E-state index contributed by atoms with van der Waals surface area (Å²) in [4.78, 5) is 11.4. The van der Waals surface area contributed by atoms with Gasteiger partial charge in [0.2, 0.25) is 0 Å². The fourth-order valence-corrected chi connectivity index (χ4v) is 2.61. The fourth-order valence-electron chi connectivity index (χ4n) is 1.52. The summed E-state index contributed by atoms with van der Waals surface area (Å²) in [5.41, 5.74) is 0.969. The number of rotatable bonds is 5. The molecule has 2 atom stereocenters. The highest BCUT2D eigenvalue weighted by Gasteiger charge is 2.24. The van der Waals surface area contributed by atoms with Gasteiger partial charge in [-0.3, -0.25) is 4.79 Å². The number of nitrogens with one attached hydrogen (secondary N) is 1. The first-order chi connectivity index (χ1) is 8.70. The zero-order valence-electron chi connectivity index (χ0n) is 11.7. The van der Waals surface area contributed by atoms with Gasteiger partial charge in [0.25, 0.3) is 0 Å². The number of hydrogen-bond acceptors (Lipinski definition) is 2. The van der Waals surface area contributed by atoms with Crippen molar-refractivity contribution in [3.8, 4) is 0 Å². The summed E-state index contributed by atoms with van der Waals surface area (Å²) in [5, 5.41) is 0. The van der Waals surface area contributed by atoms with E-state index in [1.807, 2.05) is 45.0 Å². The molecule has 3 nitrogen and oxygen atoms in total. The van der Waals surface area contributed by atoms with Gasteiger partial charge in [-0.15, -0.1) is 0 Å². The van der Waals surface area contributed by atoms with E-state index >= 15 is 0 Å². The maximum absolute atomic E-state index is 12.2. The number of ketones is 1. The molecule has 0 unspecified atom stereocenters. The Labute approximate surface area is 125 Å². The van der Waals surface area contributed by atoms with Gasteiger partial charge in [0.15, 0.2) is 0 Å². The lowest BCUT2D eigenvalue weighted by Crippen LogP contribution is -2.36. The number of hydrogen-bond donors (Lipinski definition) is 1. The molecule has 1 rings (SSSR count). The van der Waals surface area contributed by atoms with Gasteiger partial charge in [0.05, 0.1) is 21.8 Å². The van der Waals surface area contributed by atoms with Crippen LogP contribution in [0.4, 0.5) is 0 Å². The van der Waals surface area contributed by atoms with Crippen molar-refractivity contribution in [1.82, 2.24) is 4.72 Å². The van der Waals surface area contributed by atoms with Crippen LogP contribution in [-0.2, 0) is 15.8 Å². The van der Waals surface area contributed by atoms with Crippen molar-refractivity contribution in [3.05, 3.63) is 34.3 Å². The summed E-state index contributed by atoms with van der Waals surface area (Å²) in [5.74, 6) is 0.0753. The van der Waals surface area contributed by atoms with E-state index in [9.17, 15) is 9.00 Å². The first-order valence-electron chi connectivity index (χ1n) is 6.13. The Bertz CT molecular complexity index is 465. The van der Waals surface area contributed by atoms with Crippen molar-refractivity contribution in [2.75, 3.05) is 0 Å². The molecule has 0 aliphatic heterocycles. The standard InChI is InChI=1S/C14H20BrNO2S/c1-10(17)9-13(16-19(18)14(2,3)4)11-5-7-12(15)8-6-11/h5-8,13,16H,9H2,1-4H3/t13-,19+/m0/s1. The van der Waals surface area contributed by atoms with E-state index in [2.05, 4.69) is 20.7 Å². The van der Waals surface area contributed by atoms with Crippen LogP contribution in [0.15, 0.2) is 28.7 Å². The van der Waals surface area contributed by atoms with Gasteiger partial charge in [-0.05, 0) is 45.4 Å². The molecule has 0 aromatic heterocycles. The highest BCUT2D eigenvalue weighted by molar-refractivity contribution is 9.10. The summed E-state index contributed by atoms with van der Waals surface area (Å²) in [6.45, 7) is 7.26. The lowest BCUT2D eigenvalue weighted by molar-refractivity contribution is -0.117. The summed E-state index contributed by atoms with van der Waals surface area (Å²) < 4.78 is 15.9. The Morgan fingerprint density at radius 3 is 2.26 bits per heavy atom. The number of Topliss-reactive ketones (excluding diaryl/α,β-unsaturated/α-hetero) is 1. The SMILES string of the molecule is CC(=O)C[C@H](N[S@](=O)C(C)(C)C)c1ccc(Br)cc1. The molecule has 106 valence electrons. The monoisotopic (exact) mass is 345 g/mol. The Morgan fingerprint density at radius 2 is 1.84 bits per heavy atom. The highest BCUT2D eigenvalue weighted by atomic mass is 79.9. The van der Waals surface area contributed by atoms with Gasteiger partial charge >= 0.3 is 0 Å². The normalized spacial score (nSPS) is 15.0. The summed E-state index contributed by atoms with van der Waals surface area (Å²) >= 11 is 3.38. The molecular weight excluding hydrogens is 326 g/mol. The van der Waals surface area contributed by atoms with Gasteiger partial charge in [-0.2, -0.15) is 0 Å². The summed E-state index contributed by atoms with van der Waals surface area (Å²) in [7, 11) is -1.20. The minimum atomic E-state index is -1.20. The zero-order chi connectivity index (χ0) is 14.6. The molecule has 0 saturated heterocycles. The molecule has 0 heterocycles. The van der Waals surface area contributed by atoms with E-state index in [1.165, 1.54) is 0 Å². The Morgan fingerprint density at radius 1 is 1.32 bits per heavy atom. The number of carbonyl (C=O) groups is 1. The molecule has 1 aromatic carbocycles. The predicted octanol–water partition coefficient (Wildman–Crippen LogP) is 3.52. The molecule has 0 fully saturated rings. The van der Waals surface area contributed by atoms with Crippen LogP contribution < -0.4 is 4.72 Å². The average molecular weight is 346 g/mol. The average Bonchev–Trinajstić information content (AvgIpc) is 2.27. The quantitative estimate of drug-likeness (QED) is 0.887. The van der Waals surface area contributed by atoms with Crippen LogP contribution in [0.1, 0.15) is 45.7 Å². The van der Waals surface area contributed by atoms with Crippen LogP contribution >= 0.6 is 15.9 Å². The number of carbonyl (C=O) groups excluding carboxylic acids is 1. The van der Waals surface area contributed by atoms with E-state index in [0.717, 1.165) is 10.0 Å². The van der Waals surface area contributed by atoms with Crippen LogP contribution in [0.5, 0.6) is 0 Å². The minimum Gasteiger partial charge on any atom is -0.300 e. The van der Waals surface area contributed by atoms with Crippen LogP contribution in [0, 0.1) is 0 Å². The highest BCUT2D eigenvalue weighted by Crippen LogP contribution is 2.22. The molecule has 1 N–H and O–H groups in total. The van der Waals surface area contributed by atoms with Crippen molar-refractivity contribution in [3.63, 3.8) is 0 Å². The van der Waals surface area contributed by atoms with Crippen molar-refractivity contribution >= 4 is 32.7 Å². The van der Waals surface area contributed by atoms with E-state index in [0.29, 0.717) is 6.42 Å². The molecule has 19 heavy (non-hydrogen) atoms. The third-order valence-corrected chi connectivity index (χ3v) is 4.71. The van der Waals surface area contributed by atoms with Crippen molar-refractivity contribution in [1.29, 1.82) is 0 Å². The van der Waals surface area contributed by atoms with Gasteiger partial charge in [0, 0.05) is 10.9 Å². The fraction of sp³-hybridized carbons (Fsp3) is 0.500. The minimum absolute atomic E-state index is 0.0753. The maximum Gasteiger partial charge on any atom is 0.131 e. The van der Waals surface area contributed by atoms with Gasteiger partial charge in [0.1, 0.15) is 5.78 Å². The third-order valence-electron chi connectivity index (χ3n) is 2.57. The largest absolute Gasteiger partial charge is 0.300 e. The summed E-state index contributed by atoms with van der Waals surface area (Å²) in [6.07, 6.45) is 0.337. The molecule has 0 radical (unpaired) electrons. The smallest absolute Gasteiger partial charge is 0.131 e. The van der Waals surface area contributed by atoms with Gasteiger partial charge < -0.3 is 0 Å². The molecule has 0 bridgehead atoms. The second kappa shape index (κ2) is 6.77. The van der Waals surface area contributed by atoms with Gasteiger partial charge in [-0.25, -0.2) is 8.93 Å². The topological polar surface area (TPSA) is 46.2 Å². The van der Waals surface area contributed by atoms with Crippen LogP contribution in [0.3, 0.4) is 0 Å². The first kappa shape index (κ1) is 16.5. The lowest BCUT2D eigenvalue weighted by Gasteiger charge is -2.24. The van der Waals surface area contributed by atoms with E-state index in [4.69, 9.17) is 0 Å². The molecule has 1 aromatic rings. The first-order valence-corrected chi connectivity index (χ1v) is 8.07. The summed E-state index contributed by atoms with van der Waals surface area (Å²) in [6, 6.07) is 7.49. The zero-order valence-corrected chi connectivity index (χ0v) is 14.1. The Balaban J connectivity index is 2.92. The second-order valence-electron chi connectivity index (χ2n) is 5.51. The second-order valence-corrected chi connectivity index (χ2v) is 8.42. The molecule has 0 spiro atoms. The van der Waals surface area contributed by atoms with Crippen LogP contribution in [-0.4, -0.2) is 14.7 Å². The molecular formula is C14H20BrNO2S. The number of halogens is 1. The van der Waals surface area contributed by atoms with Crippen LogP contribution in [0.2, 0.25) is 0 Å². The van der Waals surface area contributed by atoms with Gasteiger partial charge in [-0.1, -0.05) is 28.1 Å². The Kier molecular flexibility index (Phi) is 5.89. The molecule has 0 aliphatic carbocycles. The van der Waals surface area contributed by atoms with Crippen LogP contribution in [0.25, 0.3) is 0 Å². The predicted molar refractivity (Wildman–Crippen MR) is 83.2 cm³/mol.